The molecule has 4 aliphatic carbocycles. The fraction of sp³-hybridized carbons (Fsp3) is 0.368. The van der Waals surface area contributed by atoms with Crippen LogP contribution in [0, 0.1) is 16.7 Å². The highest BCUT2D eigenvalue weighted by molar-refractivity contribution is 5.72. The van der Waals surface area contributed by atoms with Gasteiger partial charge < -0.3 is 10.2 Å². The molecule has 2 unspecified atom stereocenters. The van der Waals surface area contributed by atoms with Crippen LogP contribution < -0.4 is 0 Å². The second-order valence-electron chi connectivity index (χ2n) is 14.1. The summed E-state index contributed by atoms with van der Waals surface area (Å²) in [7, 11) is 0. The Kier molecular flexibility index (Phi) is 5.56. The average molecular weight is 529 g/mol. The molecule has 0 aliphatic heterocycles. The third-order valence-corrected chi connectivity index (χ3v) is 11.0. The molecule has 2 N–H and O–H groups in total. The van der Waals surface area contributed by atoms with Crippen LogP contribution in [0.3, 0.4) is 0 Å². The van der Waals surface area contributed by atoms with E-state index in [2.05, 4.69) is 69.3 Å². The van der Waals surface area contributed by atoms with Crippen LogP contribution in [-0.4, -0.2) is 10.2 Å². The molecule has 2 atom stereocenters. The van der Waals surface area contributed by atoms with Gasteiger partial charge in [-0.25, -0.2) is 0 Å². The van der Waals surface area contributed by atoms with Gasteiger partial charge >= 0.3 is 0 Å². The summed E-state index contributed by atoms with van der Waals surface area (Å²) in [5.74, 6) is 1.29. The topological polar surface area (TPSA) is 40.5 Å². The molecule has 4 fully saturated rings. The monoisotopic (exact) mass is 528 g/mol. The van der Waals surface area contributed by atoms with Crippen LogP contribution in [0.1, 0.15) is 70.4 Å². The molecule has 8 rings (SSSR count). The van der Waals surface area contributed by atoms with Crippen LogP contribution in [0.4, 0.5) is 0 Å². The summed E-state index contributed by atoms with van der Waals surface area (Å²) in [6, 6.07) is 33.5. The Morgan fingerprint density at radius 3 is 1.43 bits per heavy atom. The lowest BCUT2D eigenvalue weighted by Gasteiger charge is -2.72. The van der Waals surface area contributed by atoms with Gasteiger partial charge in [-0.2, -0.15) is 0 Å². The van der Waals surface area contributed by atoms with Crippen LogP contribution in [0.25, 0.3) is 22.3 Å². The number of benzene rings is 4. The summed E-state index contributed by atoms with van der Waals surface area (Å²) < 4.78 is 0. The van der Waals surface area contributed by atoms with Crippen LogP contribution in [0.2, 0.25) is 0 Å². The first-order valence-corrected chi connectivity index (χ1v) is 14.9. The second-order valence-corrected chi connectivity index (χ2v) is 14.1. The Bertz CT molecular complexity index is 1460. The Morgan fingerprint density at radius 2 is 1.00 bits per heavy atom. The molecule has 0 amide bonds. The minimum atomic E-state index is 0.0514. The third-order valence-electron chi connectivity index (χ3n) is 11.0. The van der Waals surface area contributed by atoms with Gasteiger partial charge in [0, 0.05) is 11.1 Å². The summed E-state index contributed by atoms with van der Waals surface area (Å²) in [5.41, 5.74) is 7.37. The van der Waals surface area contributed by atoms with Crippen LogP contribution in [0.5, 0.6) is 11.5 Å². The van der Waals surface area contributed by atoms with Crippen LogP contribution >= 0.6 is 0 Å². The molecule has 0 saturated heterocycles. The first-order valence-electron chi connectivity index (χ1n) is 14.9. The number of phenolic OH excluding ortho intramolecular Hbond substituents is 2. The number of hydrogen-bond donors (Lipinski definition) is 2. The molecule has 4 aromatic rings. The van der Waals surface area contributed by atoms with E-state index >= 15 is 0 Å². The quantitative estimate of drug-likeness (QED) is 0.271. The molecular weight excluding hydrogens is 488 g/mol. The summed E-state index contributed by atoms with van der Waals surface area (Å²) >= 11 is 0. The van der Waals surface area contributed by atoms with E-state index in [0.717, 1.165) is 28.7 Å². The lowest BCUT2D eigenvalue weighted by atomic mass is 9.32. The zero-order valence-electron chi connectivity index (χ0n) is 24.0. The van der Waals surface area contributed by atoms with Crippen molar-refractivity contribution in [2.24, 2.45) is 16.7 Å². The van der Waals surface area contributed by atoms with Crippen molar-refractivity contribution in [1.29, 1.82) is 0 Å². The van der Waals surface area contributed by atoms with Crippen LogP contribution in [0.15, 0.2) is 97.1 Å². The molecule has 0 radical (unpaired) electrons. The Hall–Kier alpha value is -3.52. The van der Waals surface area contributed by atoms with Crippen molar-refractivity contribution < 1.29 is 10.2 Å². The molecule has 0 heterocycles. The van der Waals surface area contributed by atoms with Gasteiger partial charge in [0.25, 0.3) is 0 Å². The van der Waals surface area contributed by atoms with E-state index in [1.54, 1.807) is 0 Å². The number of aromatic hydroxyl groups is 2. The fourth-order valence-electron chi connectivity index (χ4n) is 9.88. The molecule has 2 nitrogen and oxygen atoms in total. The van der Waals surface area contributed by atoms with E-state index < -0.39 is 0 Å². The Morgan fingerprint density at radius 1 is 0.550 bits per heavy atom. The number of hydrogen-bond acceptors (Lipinski definition) is 2. The molecule has 4 saturated carbocycles. The minimum Gasteiger partial charge on any atom is -0.507 e. The van der Waals surface area contributed by atoms with E-state index in [1.165, 1.54) is 43.2 Å². The van der Waals surface area contributed by atoms with E-state index in [9.17, 15) is 10.2 Å². The fourth-order valence-corrected chi connectivity index (χ4v) is 9.88. The molecule has 2 heteroatoms. The van der Waals surface area contributed by atoms with Crippen molar-refractivity contribution in [3.8, 4) is 33.8 Å². The highest BCUT2D eigenvalue weighted by Crippen LogP contribution is 2.76. The van der Waals surface area contributed by atoms with Crippen molar-refractivity contribution in [1.82, 2.24) is 0 Å². The second kappa shape index (κ2) is 8.74. The SMILES string of the molecule is CC(C)C12CC3(C)CC(c4ccc(O)c(-c5ccccc5)c4)(CC(c4ccc(O)c(-c5ccccc5)c4)(C3)C1)C2. The van der Waals surface area contributed by atoms with Gasteiger partial charge in [0.2, 0.25) is 0 Å². The van der Waals surface area contributed by atoms with Gasteiger partial charge in [0.15, 0.2) is 0 Å². The summed E-state index contributed by atoms with van der Waals surface area (Å²) in [6.07, 6.45) is 7.20. The maximum atomic E-state index is 10.9. The zero-order valence-corrected chi connectivity index (χ0v) is 24.0. The normalized spacial score (nSPS) is 30.6. The third kappa shape index (κ3) is 3.83. The maximum Gasteiger partial charge on any atom is 0.123 e. The van der Waals surface area contributed by atoms with E-state index in [-0.39, 0.29) is 21.7 Å². The predicted molar refractivity (Wildman–Crippen MR) is 164 cm³/mol. The molecule has 4 bridgehead atoms. The summed E-state index contributed by atoms with van der Waals surface area (Å²) in [6.45, 7) is 7.43. The lowest BCUT2D eigenvalue weighted by Crippen LogP contribution is -2.64. The van der Waals surface area contributed by atoms with E-state index in [0.29, 0.717) is 17.4 Å². The van der Waals surface area contributed by atoms with Crippen LogP contribution in [-0.2, 0) is 10.8 Å². The van der Waals surface area contributed by atoms with E-state index in [1.807, 2.05) is 48.5 Å². The van der Waals surface area contributed by atoms with Crippen molar-refractivity contribution >= 4 is 0 Å². The minimum absolute atomic E-state index is 0.0514. The van der Waals surface area contributed by atoms with Crippen molar-refractivity contribution in [2.75, 3.05) is 0 Å². The average Bonchev–Trinajstić information content (AvgIpc) is 2.93. The lowest BCUT2D eigenvalue weighted by molar-refractivity contribution is -0.153. The number of phenols is 2. The predicted octanol–water partition coefficient (Wildman–Crippen LogP) is 9.64. The zero-order chi connectivity index (χ0) is 27.8. The largest absolute Gasteiger partial charge is 0.507 e. The smallest absolute Gasteiger partial charge is 0.123 e. The molecule has 4 aliphatic rings. The molecular formula is C38H40O2. The van der Waals surface area contributed by atoms with E-state index in [4.69, 9.17) is 0 Å². The van der Waals surface area contributed by atoms with Crippen molar-refractivity contribution in [2.45, 2.75) is 70.1 Å². The maximum absolute atomic E-state index is 10.9. The Labute approximate surface area is 238 Å². The molecule has 0 spiro atoms. The molecule has 4 aromatic carbocycles. The first-order chi connectivity index (χ1) is 19.2. The van der Waals surface area contributed by atoms with Gasteiger partial charge in [-0.3, -0.25) is 0 Å². The highest BCUT2D eigenvalue weighted by atomic mass is 16.3. The van der Waals surface area contributed by atoms with Gasteiger partial charge in [0.1, 0.15) is 11.5 Å². The summed E-state index contributed by atoms with van der Waals surface area (Å²) in [4.78, 5) is 0. The van der Waals surface area contributed by atoms with Gasteiger partial charge in [0.05, 0.1) is 0 Å². The first kappa shape index (κ1) is 25.4. The Balaban J connectivity index is 1.40. The molecule has 40 heavy (non-hydrogen) atoms. The van der Waals surface area contributed by atoms with Gasteiger partial charge in [-0.05, 0) is 113 Å². The summed E-state index contributed by atoms with van der Waals surface area (Å²) in [5, 5.41) is 21.9. The molecule has 0 aromatic heterocycles. The van der Waals surface area contributed by atoms with Gasteiger partial charge in [-0.15, -0.1) is 0 Å². The number of rotatable bonds is 5. The van der Waals surface area contributed by atoms with Gasteiger partial charge in [-0.1, -0.05) is 93.6 Å². The highest BCUT2D eigenvalue weighted by Gasteiger charge is 2.68. The van der Waals surface area contributed by atoms with Crippen molar-refractivity contribution in [3.63, 3.8) is 0 Å². The molecule has 204 valence electrons. The van der Waals surface area contributed by atoms with Crippen molar-refractivity contribution in [3.05, 3.63) is 108 Å². The standard InChI is InChI=1S/C38H40O2/c1-26(2)36-20-35(3)21-37(23-36,29-14-16-33(39)31(18-29)27-10-6-4-7-11-27)25-38(22-35,24-36)30-15-17-34(40)32(19-30)28-12-8-5-9-13-28/h4-19,26,39-40H,20-25H2,1-3H3.